The summed E-state index contributed by atoms with van der Waals surface area (Å²) in [6, 6.07) is 19.4. The molecule has 0 amide bonds. The molecular weight excluding hydrogens is 256 g/mol. The molecule has 2 nitrogen and oxygen atoms in total. The van der Waals surface area contributed by atoms with Crippen LogP contribution in [0.3, 0.4) is 0 Å². The van der Waals surface area contributed by atoms with E-state index in [1.807, 2.05) is 0 Å². The molecule has 0 saturated carbocycles. The molecule has 0 bridgehead atoms. The average Bonchev–Trinajstić information content (AvgIpc) is 2.83. The monoisotopic (exact) mass is 274 g/mol. The molecule has 0 spiro atoms. The highest BCUT2D eigenvalue weighted by Gasteiger charge is 2.24. The number of benzene rings is 2. The van der Waals surface area contributed by atoms with Crippen LogP contribution in [-0.4, -0.2) is 11.8 Å². The highest BCUT2D eigenvalue weighted by Crippen LogP contribution is 2.36. The fraction of sp³-hybridized carbons (Fsp3) is 0.263. The Labute approximate surface area is 125 Å². The lowest BCUT2D eigenvalue weighted by Crippen LogP contribution is -2.06. The SMILES string of the molecule is CC(CCCC#N)N=C1c2ccccc2-c2ccccc21. The first-order valence-corrected chi connectivity index (χ1v) is 7.45. The van der Waals surface area contributed by atoms with E-state index in [4.69, 9.17) is 10.3 Å². The number of rotatable bonds is 4. The molecule has 0 radical (unpaired) electrons. The molecule has 2 aromatic rings. The second-order valence-electron chi connectivity index (χ2n) is 5.47. The van der Waals surface area contributed by atoms with Crippen molar-refractivity contribution in [2.45, 2.75) is 32.2 Å². The first-order valence-electron chi connectivity index (χ1n) is 7.45. The maximum Gasteiger partial charge on any atom is 0.0734 e. The van der Waals surface area contributed by atoms with Gasteiger partial charge in [0.05, 0.1) is 11.8 Å². The maximum atomic E-state index is 8.64. The van der Waals surface area contributed by atoms with Crippen molar-refractivity contribution in [3.05, 3.63) is 59.7 Å². The fourth-order valence-electron chi connectivity index (χ4n) is 2.89. The molecule has 0 saturated heterocycles. The van der Waals surface area contributed by atoms with Crippen molar-refractivity contribution in [3.63, 3.8) is 0 Å². The third-order valence-electron chi connectivity index (χ3n) is 3.91. The van der Waals surface area contributed by atoms with Gasteiger partial charge in [0, 0.05) is 23.6 Å². The topological polar surface area (TPSA) is 36.1 Å². The van der Waals surface area contributed by atoms with E-state index in [9.17, 15) is 0 Å². The van der Waals surface area contributed by atoms with Crippen LogP contribution in [-0.2, 0) is 0 Å². The van der Waals surface area contributed by atoms with Gasteiger partial charge in [-0.2, -0.15) is 5.26 Å². The van der Waals surface area contributed by atoms with Crippen LogP contribution in [0, 0.1) is 11.3 Å². The molecule has 0 aliphatic heterocycles. The van der Waals surface area contributed by atoms with Crippen LogP contribution in [0.4, 0.5) is 0 Å². The van der Waals surface area contributed by atoms with Crippen LogP contribution in [0.2, 0.25) is 0 Å². The highest BCUT2D eigenvalue weighted by molar-refractivity contribution is 6.24. The first-order chi connectivity index (χ1) is 10.3. The smallest absolute Gasteiger partial charge is 0.0734 e. The number of unbranched alkanes of at least 4 members (excludes halogenated alkanes) is 1. The lowest BCUT2D eigenvalue weighted by molar-refractivity contribution is 0.635. The largest absolute Gasteiger partial charge is 0.281 e. The summed E-state index contributed by atoms with van der Waals surface area (Å²) in [5.41, 5.74) is 6.11. The van der Waals surface area contributed by atoms with Crippen LogP contribution in [0.1, 0.15) is 37.3 Å². The van der Waals surface area contributed by atoms with Crippen molar-refractivity contribution >= 4 is 5.71 Å². The number of hydrogen-bond acceptors (Lipinski definition) is 2. The number of aliphatic imine (C=N–C) groups is 1. The summed E-state index contributed by atoms with van der Waals surface area (Å²) in [5.74, 6) is 0. The summed E-state index contributed by atoms with van der Waals surface area (Å²) in [4.78, 5) is 4.94. The van der Waals surface area contributed by atoms with Gasteiger partial charge >= 0.3 is 0 Å². The molecule has 3 rings (SSSR count). The van der Waals surface area contributed by atoms with Crippen molar-refractivity contribution in [2.75, 3.05) is 0 Å². The Hall–Kier alpha value is -2.40. The second kappa shape index (κ2) is 5.93. The summed E-state index contributed by atoms with van der Waals surface area (Å²) in [7, 11) is 0. The standard InChI is InChI=1S/C19H18N2/c1-14(8-6-7-13-20)21-19-17-11-4-2-9-15(17)16-10-3-5-12-18(16)19/h2-5,9-12,14H,6-8H2,1H3. The zero-order valence-corrected chi connectivity index (χ0v) is 12.2. The first kappa shape index (κ1) is 13.6. The van der Waals surface area contributed by atoms with Crippen molar-refractivity contribution in [2.24, 2.45) is 4.99 Å². The van der Waals surface area contributed by atoms with Gasteiger partial charge in [-0.25, -0.2) is 0 Å². The molecule has 2 aromatic carbocycles. The molecule has 104 valence electrons. The Morgan fingerprint density at radius 3 is 2.00 bits per heavy atom. The Morgan fingerprint density at radius 1 is 0.952 bits per heavy atom. The average molecular weight is 274 g/mol. The molecule has 2 heteroatoms. The molecule has 0 heterocycles. The normalized spacial score (nSPS) is 13.2. The minimum absolute atomic E-state index is 0.243. The van der Waals surface area contributed by atoms with Gasteiger partial charge in [0.1, 0.15) is 0 Å². The summed E-state index contributed by atoms with van der Waals surface area (Å²) < 4.78 is 0. The van der Waals surface area contributed by atoms with Crippen molar-refractivity contribution < 1.29 is 0 Å². The van der Waals surface area contributed by atoms with Crippen molar-refractivity contribution in [1.82, 2.24) is 0 Å². The molecule has 1 aliphatic carbocycles. The van der Waals surface area contributed by atoms with Gasteiger partial charge in [0.2, 0.25) is 0 Å². The Morgan fingerprint density at radius 2 is 1.48 bits per heavy atom. The summed E-state index contributed by atoms with van der Waals surface area (Å²) in [6.45, 7) is 2.13. The van der Waals surface area contributed by atoms with Gasteiger partial charge < -0.3 is 0 Å². The second-order valence-corrected chi connectivity index (χ2v) is 5.47. The number of nitrogens with zero attached hydrogens (tertiary/aromatic N) is 2. The van der Waals surface area contributed by atoms with Crippen LogP contribution in [0.25, 0.3) is 11.1 Å². The zero-order valence-electron chi connectivity index (χ0n) is 12.2. The molecule has 1 unspecified atom stereocenters. The van der Waals surface area contributed by atoms with Crippen molar-refractivity contribution in [1.29, 1.82) is 5.26 Å². The van der Waals surface area contributed by atoms with Crippen LogP contribution in [0.5, 0.6) is 0 Å². The van der Waals surface area contributed by atoms with Gasteiger partial charge in [0.15, 0.2) is 0 Å². The predicted octanol–water partition coefficient (Wildman–Crippen LogP) is 4.59. The highest BCUT2D eigenvalue weighted by atomic mass is 14.8. The molecule has 0 fully saturated rings. The number of hydrogen-bond donors (Lipinski definition) is 0. The Balaban J connectivity index is 1.97. The van der Waals surface area contributed by atoms with Crippen LogP contribution >= 0.6 is 0 Å². The fourth-order valence-corrected chi connectivity index (χ4v) is 2.89. The molecule has 0 N–H and O–H groups in total. The number of nitriles is 1. The van der Waals surface area contributed by atoms with E-state index in [1.165, 1.54) is 22.3 Å². The Kier molecular flexibility index (Phi) is 3.83. The predicted molar refractivity (Wildman–Crippen MR) is 86.4 cm³/mol. The van der Waals surface area contributed by atoms with Crippen LogP contribution in [0.15, 0.2) is 53.5 Å². The molecule has 1 aliphatic rings. The van der Waals surface area contributed by atoms with Gasteiger partial charge in [-0.1, -0.05) is 48.5 Å². The number of fused-ring (bicyclic) bond motifs is 3. The molecule has 21 heavy (non-hydrogen) atoms. The van der Waals surface area contributed by atoms with E-state index >= 15 is 0 Å². The Bertz CT molecular complexity index is 675. The van der Waals surface area contributed by atoms with Gasteiger partial charge in [-0.05, 0) is 30.9 Å². The van der Waals surface area contributed by atoms with E-state index in [0.717, 1.165) is 18.6 Å². The quantitative estimate of drug-likeness (QED) is 0.641. The van der Waals surface area contributed by atoms with E-state index in [-0.39, 0.29) is 6.04 Å². The van der Waals surface area contributed by atoms with Gasteiger partial charge in [-0.15, -0.1) is 0 Å². The third-order valence-corrected chi connectivity index (χ3v) is 3.91. The zero-order chi connectivity index (χ0) is 14.7. The molecular formula is C19H18N2. The third kappa shape index (κ3) is 2.60. The van der Waals surface area contributed by atoms with Gasteiger partial charge in [0.25, 0.3) is 0 Å². The minimum Gasteiger partial charge on any atom is -0.281 e. The van der Waals surface area contributed by atoms with E-state index in [2.05, 4.69) is 61.5 Å². The lowest BCUT2D eigenvalue weighted by Gasteiger charge is -2.08. The van der Waals surface area contributed by atoms with E-state index in [1.54, 1.807) is 0 Å². The molecule has 1 atom stereocenters. The van der Waals surface area contributed by atoms with E-state index < -0.39 is 0 Å². The lowest BCUT2D eigenvalue weighted by atomic mass is 10.1. The summed E-state index contributed by atoms with van der Waals surface area (Å²) in [6.07, 6.45) is 2.49. The molecule has 0 aromatic heterocycles. The summed E-state index contributed by atoms with van der Waals surface area (Å²) >= 11 is 0. The van der Waals surface area contributed by atoms with Crippen molar-refractivity contribution in [3.8, 4) is 17.2 Å². The maximum absolute atomic E-state index is 8.64. The van der Waals surface area contributed by atoms with Gasteiger partial charge in [-0.3, -0.25) is 4.99 Å². The summed E-state index contributed by atoms with van der Waals surface area (Å²) in [5, 5.41) is 8.64. The van der Waals surface area contributed by atoms with E-state index in [0.29, 0.717) is 6.42 Å². The minimum atomic E-state index is 0.243. The van der Waals surface area contributed by atoms with Crippen LogP contribution < -0.4 is 0 Å².